The summed E-state index contributed by atoms with van der Waals surface area (Å²) in [4.78, 5) is 14.8. The number of sulfonamides is 1. The van der Waals surface area contributed by atoms with E-state index < -0.39 is 16.0 Å². The zero-order chi connectivity index (χ0) is 18.6. The second-order valence-corrected chi connectivity index (χ2v) is 8.04. The number of piperidine rings is 1. The van der Waals surface area contributed by atoms with Crippen LogP contribution in [0.25, 0.3) is 0 Å². The first kappa shape index (κ1) is 18.3. The maximum atomic E-state index is 12.5. The quantitative estimate of drug-likeness (QED) is 0.831. The second-order valence-electron chi connectivity index (χ2n) is 6.16. The number of carboxylic acids is 1. The Morgan fingerprint density at radius 1 is 1.15 bits per heavy atom. The van der Waals surface area contributed by atoms with Crippen molar-refractivity contribution >= 4 is 16.0 Å². The van der Waals surface area contributed by atoms with Gasteiger partial charge in [-0.2, -0.15) is 4.31 Å². The third-order valence-electron chi connectivity index (χ3n) is 4.40. The Kier molecular flexibility index (Phi) is 5.53. The van der Waals surface area contributed by atoms with Gasteiger partial charge in [-0.05, 0) is 55.2 Å². The number of ether oxygens (including phenoxy) is 1. The summed E-state index contributed by atoms with van der Waals surface area (Å²) >= 11 is 0. The molecule has 1 aliphatic rings. The fourth-order valence-electron chi connectivity index (χ4n) is 2.86. The van der Waals surface area contributed by atoms with Crippen molar-refractivity contribution in [3.63, 3.8) is 0 Å². The first-order chi connectivity index (χ1) is 12.5. The normalized spacial score (nSPS) is 16.3. The van der Waals surface area contributed by atoms with Gasteiger partial charge in [0, 0.05) is 19.3 Å². The first-order valence-electron chi connectivity index (χ1n) is 8.34. The van der Waals surface area contributed by atoms with Crippen molar-refractivity contribution in [2.24, 2.45) is 5.92 Å². The Balaban J connectivity index is 1.52. The summed E-state index contributed by atoms with van der Waals surface area (Å²) in [5, 5.41) is 8.96. The van der Waals surface area contributed by atoms with Crippen molar-refractivity contribution in [2.75, 3.05) is 19.7 Å². The molecule has 1 aromatic carbocycles. The fourth-order valence-corrected chi connectivity index (χ4v) is 4.26. The van der Waals surface area contributed by atoms with Gasteiger partial charge in [-0.25, -0.2) is 18.2 Å². The molecule has 0 saturated carbocycles. The monoisotopic (exact) mass is 376 g/mol. The van der Waals surface area contributed by atoms with E-state index in [1.807, 2.05) is 0 Å². The Bertz CT molecular complexity index is 845. The van der Waals surface area contributed by atoms with Crippen molar-refractivity contribution in [1.82, 2.24) is 9.29 Å². The topological polar surface area (TPSA) is 96.8 Å². The lowest BCUT2D eigenvalue weighted by molar-refractivity contribution is 0.0697. The molecule has 1 aliphatic heterocycles. The minimum atomic E-state index is -3.54. The molecule has 0 unspecified atom stereocenters. The minimum Gasteiger partial charge on any atom is -0.493 e. The lowest BCUT2D eigenvalue weighted by Crippen LogP contribution is -2.39. The Hall–Kier alpha value is -2.45. The number of rotatable bonds is 6. The SMILES string of the molecule is O=C(O)c1ccc(OCC2CCN(S(=O)(=O)c3ccccn3)CC2)cc1. The number of aromatic nitrogens is 1. The fraction of sp³-hybridized carbons (Fsp3) is 0.333. The predicted molar refractivity (Wildman–Crippen MR) is 94.6 cm³/mol. The molecule has 138 valence electrons. The third kappa shape index (κ3) is 4.20. The first-order valence-corrected chi connectivity index (χ1v) is 9.78. The van der Waals surface area contributed by atoms with Crippen LogP contribution < -0.4 is 4.74 Å². The van der Waals surface area contributed by atoms with Crippen molar-refractivity contribution < 1.29 is 23.1 Å². The standard InChI is InChI=1S/C18H20N2O5S/c21-18(22)15-4-6-16(7-5-15)25-13-14-8-11-20(12-9-14)26(23,24)17-3-1-2-10-19-17/h1-7,10,14H,8-9,11-13H2,(H,21,22). The van der Waals surface area contributed by atoms with Crippen molar-refractivity contribution in [2.45, 2.75) is 17.9 Å². The smallest absolute Gasteiger partial charge is 0.335 e. The lowest BCUT2D eigenvalue weighted by Gasteiger charge is -2.30. The van der Waals surface area contributed by atoms with E-state index in [1.165, 1.54) is 28.7 Å². The molecule has 1 aromatic heterocycles. The summed E-state index contributed by atoms with van der Waals surface area (Å²) < 4.78 is 32.3. The van der Waals surface area contributed by atoms with E-state index in [0.717, 1.165) is 0 Å². The minimum absolute atomic E-state index is 0.0771. The molecule has 8 heteroatoms. The van der Waals surface area contributed by atoms with Crippen LogP contribution in [0.3, 0.4) is 0 Å². The van der Waals surface area contributed by atoms with Crippen molar-refractivity contribution in [3.05, 3.63) is 54.2 Å². The molecular formula is C18H20N2O5S. The van der Waals surface area contributed by atoms with E-state index in [9.17, 15) is 13.2 Å². The third-order valence-corrected chi connectivity index (χ3v) is 6.22. The highest BCUT2D eigenvalue weighted by atomic mass is 32.2. The second kappa shape index (κ2) is 7.84. The number of aromatic carboxylic acids is 1. The summed E-state index contributed by atoms with van der Waals surface area (Å²) in [5.41, 5.74) is 0.213. The average Bonchev–Trinajstić information content (AvgIpc) is 2.67. The molecule has 7 nitrogen and oxygen atoms in total. The van der Waals surface area contributed by atoms with E-state index in [-0.39, 0.29) is 16.5 Å². The van der Waals surface area contributed by atoms with E-state index in [1.54, 1.807) is 24.3 Å². The highest BCUT2D eigenvalue weighted by Gasteiger charge is 2.30. The molecule has 1 fully saturated rings. The molecule has 0 amide bonds. The Morgan fingerprint density at radius 3 is 2.42 bits per heavy atom. The maximum Gasteiger partial charge on any atom is 0.335 e. The van der Waals surface area contributed by atoms with Gasteiger partial charge in [0.05, 0.1) is 12.2 Å². The Morgan fingerprint density at radius 2 is 1.85 bits per heavy atom. The molecular weight excluding hydrogens is 356 g/mol. The number of pyridine rings is 1. The molecule has 1 saturated heterocycles. The maximum absolute atomic E-state index is 12.5. The molecule has 0 atom stereocenters. The predicted octanol–water partition coefficient (Wildman–Crippen LogP) is 2.26. The van der Waals surface area contributed by atoms with Gasteiger partial charge >= 0.3 is 5.97 Å². The molecule has 3 rings (SSSR count). The van der Waals surface area contributed by atoms with Crippen LogP contribution in [0.4, 0.5) is 0 Å². The van der Waals surface area contributed by atoms with Gasteiger partial charge in [-0.3, -0.25) is 0 Å². The zero-order valence-electron chi connectivity index (χ0n) is 14.1. The van der Waals surface area contributed by atoms with Crippen LogP contribution in [0.1, 0.15) is 23.2 Å². The van der Waals surface area contributed by atoms with Crippen molar-refractivity contribution in [1.29, 1.82) is 0 Å². The largest absolute Gasteiger partial charge is 0.493 e. The summed E-state index contributed by atoms with van der Waals surface area (Å²) in [6.45, 7) is 1.35. The van der Waals surface area contributed by atoms with Gasteiger partial charge in [0.2, 0.25) is 0 Å². The van der Waals surface area contributed by atoms with Crippen LogP contribution >= 0.6 is 0 Å². The van der Waals surface area contributed by atoms with E-state index in [2.05, 4.69) is 4.98 Å². The van der Waals surface area contributed by atoms with E-state index >= 15 is 0 Å². The molecule has 0 spiro atoms. The zero-order valence-corrected chi connectivity index (χ0v) is 14.9. The van der Waals surface area contributed by atoms with E-state index in [0.29, 0.717) is 38.3 Å². The number of benzene rings is 1. The van der Waals surface area contributed by atoms with Crippen LogP contribution in [0, 0.1) is 5.92 Å². The van der Waals surface area contributed by atoms with Gasteiger partial charge in [-0.1, -0.05) is 6.07 Å². The van der Waals surface area contributed by atoms with Gasteiger partial charge < -0.3 is 9.84 Å². The lowest BCUT2D eigenvalue weighted by atomic mass is 9.99. The van der Waals surface area contributed by atoms with Crippen LogP contribution in [-0.2, 0) is 10.0 Å². The molecule has 26 heavy (non-hydrogen) atoms. The molecule has 0 aliphatic carbocycles. The van der Waals surface area contributed by atoms with Crippen molar-refractivity contribution in [3.8, 4) is 5.75 Å². The summed E-state index contributed by atoms with van der Waals surface area (Å²) in [6, 6.07) is 11.1. The molecule has 0 radical (unpaired) electrons. The molecule has 1 N–H and O–H groups in total. The highest BCUT2D eigenvalue weighted by Crippen LogP contribution is 2.24. The molecule has 2 heterocycles. The van der Waals surface area contributed by atoms with Gasteiger partial charge in [-0.15, -0.1) is 0 Å². The number of hydrogen-bond donors (Lipinski definition) is 1. The number of carboxylic acid groups (broad SMARTS) is 1. The number of hydrogen-bond acceptors (Lipinski definition) is 5. The van der Waals surface area contributed by atoms with Gasteiger partial charge in [0.15, 0.2) is 5.03 Å². The number of nitrogens with zero attached hydrogens (tertiary/aromatic N) is 2. The summed E-state index contributed by atoms with van der Waals surface area (Å²) in [5.74, 6) is -0.110. The number of carbonyl (C=O) groups is 1. The van der Waals surface area contributed by atoms with Crippen LogP contribution in [0.15, 0.2) is 53.7 Å². The van der Waals surface area contributed by atoms with E-state index in [4.69, 9.17) is 9.84 Å². The van der Waals surface area contributed by atoms with Gasteiger partial charge in [0.25, 0.3) is 10.0 Å². The van der Waals surface area contributed by atoms with Gasteiger partial charge in [0.1, 0.15) is 5.75 Å². The molecule has 0 bridgehead atoms. The van der Waals surface area contributed by atoms with Crippen LogP contribution in [0.2, 0.25) is 0 Å². The Labute approximate surface area is 152 Å². The summed E-state index contributed by atoms with van der Waals surface area (Å²) in [6.07, 6.45) is 2.89. The molecule has 2 aromatic rings. The summed E-state index contributed by atoms with van der Waals surface area (Å²) in [7, 11) is -3.54. The van der Waals surface area contributed by atoms with Crippen LogP contribution in [-0.4, -0.2) is 48.5 Å². The average molecular weight is 376 g/mol. The van der Waals surface area contributed by atoms with Crippen LogP contribution in [0.5, 0.6) is 5.75 Å². The highest BCUT2D eigenvalue weighted by molar-refractivity contribution is 7.89.